The van der Waals surface area contributed by atoms with Crippen molar-refractivity contribution in [3.63, 3.8) is 0 Å². The molecule has 0 spiro atoms. The quantitative estimate of drug-likeness (QED) is 0.436. The Bertz CT molecular complexity index is 899. The molecule has 0 amide bonds. The summed E-state index contributed by atoms with van der Waals surface area (Å²) in [5, 5.41) is 0. The van der Waals surface area contributed by atoms with Gasteiger partial charge >= 0.3 is 0 Å². The molecule has 0 bridgehead atoms. The highest BCUT2D eigenvalue weighted by molar-refractivity contribution is 6.13. The number of ether oxygens (including phenoxy) is 3. The SMILES string of the molecule is COCCO[C@H]1COc2ccccc2[C@@H]1N=C(c1ccccc1)c1ccccc1. The summed E-state index contributed by atoms with van der Waals surface area (Å²) in [6.07, 6.45) is -0.178. The maximum absolute atomic E-state index is 6.11. The van der Waals surface area contributed by atoms with Crippen LogP contribution in [0.1, 0.15) is 22.7 Å². The first-order chi connectivity index (χ1) is 14.4. The van der Waals surface area contributed by atoms with E-state index in [0.717, 1.165) is 28.2 Å². The third kappa shape index (κ3) is 4.56. The van der Waals surface area contributed by atoms with Crippen molar-refractivity contribution in [2.24, 2.45) is 4.99 Å². The summed E-state index contributed by atoms with van der Waals surface area (Å²) in [6.45, 7) is 1.51. The van der Waals surface area contributed by atoms with Gasteiger partial charge in [-0.1, -0.05) is 78.9 Å². The second-order valence-electron chi connectivity index (χ2n) is 6.91. The van der Waals surface area contributed by atoms with Crippen molar-refractivity contribution in [2.75, 3.05) is 26.9 Å². The number of para-hydroxylation sites is 1. The van der Waals surface area contributed by atoms with Gasteiger partial charge in [0.2, 0.25) is 0 Å². The van der Waals surface area contributed by atoms with Crippen LogP contribution in [0.2, 0.25) is 0 Å². The summed E-state index contributed by atoms with van der Waals surface area (Å²) in [5.41, 5.74) is 4.16. The van der Waals surface area contributed by atoms with Gasteiger partial charge in [0.25, 0.3) is 0 Å². The lowest BCUT2D eigenvalue weighted by Gasteiger charge is -2.32. The number of nitrogens with zero attached hydrogens (tertiary/aromatic N) is 1. The molecule has 0 saturated heterocycles. The van der Waals surface area contributed by atoms with Gasteiger partial charge in [0.1, 0.15) is 24.5 Å². The van der Waals surface area contributed by atoms with Gasteiger partial charge in [0, 0.05) is 23.8 Å². The van der Waals surface area contributed by atoms with Crippen LogP contribution in [0.5, 0.6) is 5.75 Å². The van der Waals surface area contributed by atoms with Crippen LogP contribution in [0.3, 0.4) is 0 Å². The minimum Gasteiger partial charge on any atom is -0.490 e. The van der Waals surface area contributed by atoms with E-state index < -0.39 is 0 Å². The molecule has 0 radical (unpaired) electrons. The van der Waals surface area contributed by atoms with E-state index in [2.05, 4.69) is 30.3 Å². The van der Waals surface area contributed by atoms with Crippen molar-refractivity contribution >= 4 is 5.71 Å². The minimum atomic E-state index is -0.178. The number of hydrogen-bond donors (Lipinski definition) is 0. The van der Waals surface area contributed by atoms with Crippen molar-refractivity contribution in [2.45, 2.75) is 12.1 Å². The Kier molecular flexibility index (Phi) is 6.35. The average Bonchev–Trinajstić information content (AvgIpc) is 2.79. The van der Waals surface area contributed by atoms with Gasteiger partial charge in [0.15, 0.2) is 0 Å². The average molecular weight is 387 g/mol. The molecular formula is C25H25NO3. The molecule has 1 aliphatic heterocycles. The Balaban J connectivity index is 1.78. The van der Waals surface area contributed by atoms with Gasteiger partial charge in [-0.15, -0.1) is 0 Å². The van der Waals surface area contributed by atoms with E-state index in [0.29, 0.717) is 19.8 Å². The normalized spacial score (nSPS) is 17.8. The van der Waals surface area contributed by atoms with Crippen molar-refractivity contribution in [1.29, 1.82) is 0 Å². The van der Waals surface area contributed by atoms with E-state index >= 15 is 0 Å². The molecule has 0 aliphatic carbocycles. The third-order valence-electron chi connectivity index (χ3n) is 4.97. The highest BCUT2D eigenvalue weighted by Crippen LogP contribution is 2.36. The molecule has 3 aromatic carbocycles. The smallest absolute Gasteiger partial charge is 0.124 e. The fraction of sp³-hybridized carbons (Fsp3) is 0.240. The Morgan fingerprint density at radius 3 is 2.14 bits per heavy atom. The van der Waals surface area contributed by atoms with Gasteiger partial charge < -0.3 is 14.2 Å². The van der Waals surface area contributed by atoms with Crippen molar-refractivity contribution in [1.82, 2.24) is 0 Å². The largest absolute Gasteiger partial charge is 0.490 e. The number of methoxy groups -OCH3 is 1. The lowest BCUT2D eigenvalue weighted by molar-refractivity contribution is -0.0261. The van der Waals surface area contributed by atoms with Gasteiger partial charge in [-0.05, 0) is 6.07 Å². The topological polar surface area (TPSA) is 40.0 Å². The number of hydrogen-bond acceptors (Lipinski definition) is 4. The van der Waals surface area contributed by atoms with Crippen LogP contribution in [0.15, 0.2) is 89.9 Å². The van der Waals surface area contributed by atoms with E-state index in [1.807, 2.05) is 54.6 Å². The molecule has 0 unspecified atom stereocenters. The van der Waals surface area contributed by atoms with Gasteiger partial charge in [-0.2, -0.15) is 0 Å². The monoisotopic (exact) mass is 387 g/mol. The summed E-state index contributed by atoms with van der Waals surface area (Å²) in [5.74, 6) is 0.869. The molecule has 1 aliphatic rings. The Hall–Kier alpha value is -2.95. The molecule has 0 saturated carbocycles. The number of fused-ring (bicyclic) bond motifs is 1. The summed E-state index contributed by atoms with van der Waals surface area (Å²) < 4.78 is 17.2. The summed E-state index contributed by atoms with van der Waals surface area (Å²) in [4.78, 5) is 5.25. The molecule has 0 aromatic heterocycles. The van der Waals surface area contributed by atoms with Crippen LogP contribution in [0.25, 0.3) is 0 Å². The van der Waals surface area contributed by atoms with E-state index in [-0.39, 0.29) is 12.1 Å². The van der Waals surface area contributed by atoms with Crippen LogP contribution in [0.4, 0.5) is 0 Å². The van der Waals surface area contributed by atoms with Crippen LogP contribution in [0, 0.1) is 0 Å². The molecule has 148 valence electrons. The predicted octanol–water partition coefficient (Wildman–Crippen LogP) is 4.69. The van der Waals surface area contributed by atoms with Crippen molar-refractivity contribution in [3.8, 4) is 5.75 Å². The molecule has 4 nitrogen and oxygen atoms in total. The predicted molar refractivity (Wildman–Crippen MR) is 115 cm³/mol. The third-order valence-corrected chi connectivity index (χ3v) is 4.97. The van der Waals surface area contributed by atoms with Crippen LogP contribution >= 0.6 is 0 Å². The van der Waals surface area contributed by atoms with Crippen molar-refractivity contribution < 1.29 is 14.2 Å². The van der Waals surface area contributed by atoms with Crippen LogP contribution in [-0.2, 0) is 9.47 Å². The standard InChI is InChI=1S/C25H25NO3/c1-27-16-17-28-23-18-29-22-15-9-8-14-21(22)25(23)26-24(19-10-4-2-5-11-19)20-12-6-3-7-13-20/h2-15,23,25H,16-18H2,1H3/t23-,25-/m0/s1. The molecule has 29 heavy (non-hydrogen) atoms. The second kappa shape index (κ2) is 9.50. The zero-order chi connectivity index (χ0) is 19.9. The first kappa shape index (κ1) is 19.4. The zero-order valence-corrected chi connectivity index (χ0v) is 16.5. The Labute approximate surface area is 171 Å². The van der Waals surface area contributed by atoms with E-state index in [4.69, 9.17) is 19.2 Å². The fourth-order valence-corrected chi connectivity index (χ4v) is 3.54. The van der Waals surface area contributed by atoms with Gasteiger partial charge in [0.05, 0.1) is 18.9 Å². The molecule has 4 heteroatoms. The molecule has 0 N–H and O–H groups in total. The number of aliphatic imine (C=N–C) groups is 1. The summed E-state index contributed by atoms with van der Waals surface area (Å²) in [6, 6.07) is 28.5. The highest BCUT2D eigenvalue weighted by Gasteiger charge is 2.32. The highest BCUT2D eigenvalue weighted by atomic mass is 16.6. The first-order valence-electron chi connectivity index (χ1n) is 9.87. The lowest BCUT2D eigenvalue weighted by atomic mass is 9.96. The fourth-order valence-electron chi connectivity index (χ4n) is 3.54. The van der Waals surface area contributed by atoms with E-state index in [1.54, 1.807) is 7.11 Å². The molecule has 3 aromatic rings. The second-order valence-corrected chi connectivity index (χ2v) is 6.91. The maximum Gasteiger partial charge on any atom is 0.124 e. The van der Waals surface area contributed by atoms with Gasteiger partial charge in [-0.25, -0.2) is 0 Å². The molecular weight excluding hydrogens is 362 g/mol. The zero-order valence-electron chi connectivity index (χ0n) is 16.5. The molecule has 0 fully saturated rings. The lowest BCUT2D eigenvalue weighted by Crippen LogP contribution is -2.34. The van der Waals surface area contributed by atoms with Crippen LogP contribution in [-0.4, -0.2) is 38.7 Å². The molecule has 1 heterocycles. The minimum absolute atomic E-state index is 0.160. The van der Waals surface area contributed by atoms with Crippen LogP contribution < -0.4 is 4.74 Å². The number of benzene rings is 3. The number of rotatable bonds is 7. The molecule has 2 atom stereocenters. The Morgan fingerprint density at radius 2 is 1.48 bits per heavy atom. The maximum atomic E-state index is 6.11. The van der Waals surface area contributed by atoms with E-state index in [9.17, 15) is 0 Å². The Morgan fingerprint density at radius 1 is 0.862 bits per heavy atom. The van der Waals surface area contributed by atoms with Crippen molar-refractivity contribution in [3.05, 3.63) is 102 Å². The first-order valence-corrected chi connectivity index (χ1v) is 9.87. The summed E-state index contributed by atoms with van der Waals surface area (Å²) >= 11 is 0. The molecule has 4 rings (SSSR count). The summed E-state index contributed by atoms with van der Waals surface area (Å²) in [7, 11) is 1.68. The van der Waals surface area contributed by atoms with Gasteiger partial charge in [-0.3, -0.25) is 4.99 Å². The van der Waals surface area contributed by atoms with E-state index in [1.165, 1.54) is 0 Å².